The first-order valence-corrected chi connectivity index (χ1v) is 8.46. The maximum Gasteiger partial charge on any atom is 0.242 e. The van der Waals surface area contributed by atoms with Gasteiger partial charge >= 0.3 is 0 Å². The predicted octanol–water partition coefficient (Wildman–Crippen LogP) is 2.66. The van der Waals surface area contributed by atoms with Crippen LogP contribution in [0.2, 0.25) is 0 Å². The molecule has 0 bridgehead atoms. The van der Waals surface area contributed by atoms with Gasteiger partial charge < -0.3 is 5.73 Å². The number of para-hydroxylation sites is 1. The summed E-state index contributed by atoms with van der Waals surface area (Å²) in [5, 5.41) is 0. The number of anilines is 1. The van der Waals surface area contributed by atoms with Crippen LogP contribution in [0, 0.1) is 11.7 Å². The molecule has 1 aliphatic rings. The molecule has 1 saturated carbocycles. The van der Waals surface area contributed by atoms with Gasteiger partial charge in [-0.25, -0.2) is 17.5 Å². The molecule has 1 aromatic rings. The normalized spacial score (nSPS) is 24.3. The van der Waals surface area contributed by atoms with Gasteiger partial charge in [0.1, 0.15) is 10.7 Å². The molecule has 6 heteroatoms. The minimum absolute atomic E-state index is 0.106. The van der Waals surface area contributed by atoms with Gasteiger partial charge in [-0.15, -0.1) is 0 Å². The van der Waals surface area contributed by atoms with Crippen molar-refractivity contribution in [2.45, 2.75) is 50.0 Å². The maximum atomic E-state index is 13.4. The van der Waals surface area contributed by atoms with E-state index in [0.29, 0.717) is 0 Å². The lowest BCUT2D eigenvalue weighted by Crippen LogP contribution is -2.39. The van der Waals surface area contributed by atoms with Crippen LogP contribution in [-0.2, 0) is 10.0 Å². The second kappa shape index (κ2) is 6.10. The van der Waals surface area contributed by atoms with Gasteiger partial charge in [0.2, 0.25) is 10.0 Å². The molecule has 3 N–H and O–H groups in total. The van der Waals surface area contributed by atoms with Crippen molar-refractivity contribution in [3.05, 3.63) is 24.0 Å². The summed E-state index contributed by atoms with van der Waals surface area (Å²) in [5.41, 5.74) is 5.23. The highest BCUT2D eigenvalue weighted by Gasteiger charge is 2.27. The number of hydrogen-bond donors (Lipinski definition) is 2. The molecule has 112 valence electrons. The lowest BCUT2D eigenvalue weighted by Gasteiger charge is -2.23. The summed E-state index contributed by atoms with van der Waals surface area (Å²) in [6.45, 7) is 2.05. The molecule has 20 heavy (non-hydrogen) atoms. The Kier molecular flexibility index (Phi) is 4.65. The number of nitrogens with one attached hydrogen (secondary N) is 1. The van der Waals surface area contributed by atoms with E-state index in [4.69, 9.17) is 5.73 Å². The molecule has 4 nitrogen and oxygen atoms in total. The quantitative estimate of drug-likeness (QED) is 0.666. The third kappa shape index (κ3) is 3.30. The Balaban J connectivity index is 2.24. The zero-order valence-corrected chi connectivity index (χ0v) is 12.4. The number of rotatable bonds is 3. The van der Waals surface area contributed by atoms with E-state index >= 15 is 0 Å². The highest BCUT2D eigenvalue weighted by molar-refractivity contribution is 7.89. The first kappa shape index (κ1) is 15.3. The van der Waals surface area contributed by atoms with E-state index in [1.807, 2.05) is 6.92 Å². The molecule has 2 rings (SSSR count). The van der Waals surface area contributed by atoms with E-state index in [9.17, 15) is 12.8 Å². The van der Waals surface area contributed by atoms with Crippen LogP contribution in [0.25, 0.3) is 0 Å². The van der Waals surface area contributed by atoms with Crippen LogP contribution in [-0.4, -0.2) is 14.5 Å². The first-order chi connectivity index (χ1) is 9.42. The monoisotopic (exact) mass is 300 g/mol. The van der Waals surface area contributed by atoms with E-state index in [1.54, 1.807) is 0 Å². The molecule has 0 spiro atoms. The Labute approximate surface area is 119 Å². The van der Waals surface area contributed by atoms with Crippen molar-refractivity contribution in [1.82, 2.24) is 4.72 Å². The van der Waals surface area contributed by atoms with Crippen LogP contribution in [0.15, 0.2) is 23.1 Å². The smallest absolute Gasteiger partial charge is 0.242 e. The largest absolute Gasteiger partial charge is 0.395 e. The van der Waals surface area contributed by atoms with E-state index in [0.717, 1.165) is 38.2 Å². The van der Waals surface area contributed by atoms with Gasteiger partial charge in [-0.05, 0) is 30.9 Å². The average Bonchev–Trinajstić information content (AvgIpc) is 2.58. The molecule has 0 saturated heterocycles. The van der Waals surface area contributed by atoms with Gasteiger partial charge in [-0.2, -0.15) is 0 Å². The Bertz CT molecular complexity index is 575. The maximum absolute atomic E-state index is 13.4. The summed E-state index contributed by atoms with van der Waals surface area (Å²) in [6.07, 6.45) is 5.09. The van der Waals surface area contributed by atoms with E-state index in [-0.39, 0.29) is 22.5 Å². The Morgan fingerprint density at radius 1 is 1.25 bits per heavy atom. The van der Waals surface area contributed by atoms with Crippen molar-refractivity contribution in [2.75, 3.05) is 5.73 Å². The average molecular weight is 300 g/mol. The molecular formula is C14H21FN2O2S. The molecule has 0 aromatic heterocycles. The fraction of sp³-hybridized carbons (Fsp3) is 0.571. The van der Waals surface area contributed by atoms with Gasteiger partial charge in [0.05, 0.1) is 5.69 Å². The molecule has 0 heterocycles. The van der Waals surface area contributed by atoms with Crippen LogP contribution < -0.4 is 10.5 Å². The highest BCUT2D eigenvalue weighted by atomic mass is 32.2. The summed E-state index contributed by atoms with van der Waals surface area (Å²) in [6, 6.07) is 3.74. The van der Waals surface area contributed by atoms with E-state index in [1.165, 1.54) is 12.1 Å². The molecular weight excluding hydrogens is 279 g/mol. The van der Waals surface area contributed by atoms with Gasteiger partial charge in [0.15, 0.2) is 0 Å². The minimum atomic E-state index is -3.78. The van der Waals surface area contributed by atoms with Crippen molar-refractivity contribution in [1.29, 1.82) is 0 Å². The Morgan fingerprint density at radius 3 is 2.70 bits per heavy atom. The number of nitrogens with two attached hydrogens (primary N) is 1. The standard InChI is InChI=1S/C14H21FN2O2S/c1-10-6-3-2-4-8-12(10)17-20(18,19)13-9-5-7-11(15)14(13)16/h5,7,9-10,12,17H,2-4,6,8,16H2,1H3. The van der Waals surface area contributed by atoms with Crippen molar-refractivity contribution < 1.29 is 12.8 Å². The lowest BCUT2D eigenvalue weighted by atomic mass is 9.98. The van der Waals surface area contributed by atoms with Gasteiger partial charge in [-0.3, -0.25) is 0 Å². The van der Waals surface area contributed by atoms with Crippen molar-refractivity contribution in [3.8, 4) is 0 Å². The van der Waals surface area contributed by atoms with Gasteiger partial charge in [-0.1, -0.05) is 32.3 Å². The van der Waals surface area contributed by atoms with Crippen molar-refractivity contribution in [2.24, 2.45) is 5.92 Å². The zero-order valence-electron chi connectivity index (χ0n) is 11.6. The molecule has 1 aliphatic carbocycles. The molecule has 2 unspecified atom stereocenters. The third-order valence-corrected chi connectivity index (χ3v) is 5.52. The lowest BCUT2D eigenvalue weighted by molar-refractivity contribution is 0.399. The van der Waals surface area contributed by atoms with Crippen LogP contribution in [0.5, 0.6) is 0 Å². The molecule has 0 radical (unpaired) electrons. The number of halogens is 1. The summed E-state index contributed by atoms with van der Waals surface area (Å²) in [5.74, 6) is -0.427. The molecule has 0 aliphatic heterocycles. The predicted molar refractivity (Wildman–Crippen MR) is 77.2 cm³/mol. The van der Waals surface area contributed by atoms with Crippen molar-refractivity contribution in [3.63, 3.8) is 0 Å². The summed E-state index contributed by atoms with van der Waals surface area (Å²) < 4.78 is 40.9. The van der Waals surface area contributed by atoms with Gasteiger partial charge in [0.25, 0.3) is 0 Å². The number of hydrogen-bond acceptors (Lipinski definition) is 3. The van der Waals surface area contributed by atoms with E-state index < -0.39 is 15.8 Å². The zero-order chi connectivity index (χ0) is 14.8. The molecule has 1 aromatic carbocycles. The number of benzene rings is 1. The fourth-order valence-electron chi connectivity index (χ4n) is 2.68. The molecule has 2 atom stereocenters. The minimum Gasteiger partial charge on any atom is -0.395 e. The SMILES string of the molecule is CC1CCCCCC1NS(=O)(=O)c1cccc(F)c1N. The number of nitrogen functional groups attached to an aromatic ring is 1. The second-order valence-corrected chi connectivity index (χ2v) is 7.18. The fourth-order valence-corrected chi connectivity index (χ4v) is 4.20. The van der Waals surface area contributed by atoms with Gasteiger partial charge in [0, 0.05) is 6.04 Å². The Hall–Kier alpha value is -1.14. The van der Waals surface area contributed by atoms with Crippen LogP contribution >= 0.6 is 0 Å². The van der Waals surface area contributed by atoms with Crippen LogP contribution in [0.1, 0.15) is 39.0 Å². The van der Waals surface area contributed by atoms with Crippen molar-refractivity contribution >= 4 is 15.7 Å². The summed E-state index contributed by atoms with van der Waals surface area (Å²) >= 11 is 0. The summed E-state index contributed by atoms with van der Waals surface area (Å²) in [7, 11) is -3.78. The van der Waals surface area contributed by atoms with Crippen LogP contribution in [0.3, 0.4) is 0 Å². The highest BCUT2D eigenvalue weighted by Crippen LogP contribution is 2.26. The summed E-state index contributed by atoms with van der Waals surface area (Å²) in [4.78, 5) is -0.172. The number of sulfonamides is 1. The Morgan fingerprint density at radius 2 is 1.95 bits per heavy atom. The third-order valence-electron chi connectivity index (χ3n) is 3.97. The topological polar surface area (TPSA) is 72.2 Å². The first-order valence-electron chi connectivity index (χ1n) is 6.98. The second-order valence-electron chi connectivity index (χ2n) is 5.49. The van der Waals surface area contributed by atoms with Crippen LogP contribution in [0.4, 0.5) is 10.1 Å². The molecule has 1 fully saturated rings. The molecule has 0 amide bonds. The van der Waals surface area contributed by atoms with E-state index in [2.05, 4.69) is 4.72 Å².